The highest BCUT2D eigenvalue weighted by atomic mass is 32.2. The number of anilines is 1. The molecule has 124 valence electrons. The number of aromatic nitrogens is 2. The highest BCUT2D eigenvalue weighted by molar-refractivity contribution is 7.98. The first-order valence-electron chi connectivity index (χ1n) is 7.58. The zero-order chi connectivity index (χ0) is 16.9. The van der Waals surface area contributed by atoms with Crippen LogP contribution in [0.2, 0.25) is 0 Å². The predicted molar refractivity (Wildman–Crippen MR) is 104 cm³/mol. The van der Waals surface area contributed by atoms with Crippen molar-refractivity contribution in [2.24, 2.45) is 0 Å². The van der Waals surface area contributed by atoms with Crippen LogP contribution in [-0.2, 0) is 17.1 Å². The fraction of sp³-hybridized carbons (Fsp3) is 0.222. The van der Waals surface area contributed by atoms with Gasteiger partial charge in [0.25, 0.3) is 0 Å². The first-order valence-corrected chi connectivity index (χ1v) is 10.2. The maximum atomic E-state index is 12.5. The number of carbonyl (C=O) groups excluding carboxylic acids is 1. The molecule has 0 fully saturated rings. The zero-order valence-corrected chi connectivity index (χ0v) is 15.3. The Morgan fingerprint density at radius 2 is 1.88 bits per heavy atom. The standard InChI is InChI=1S/C18H19N3OS2/c1-23-12-17-20-15-5-3-4-6-16(15)21(17)11-18(22)19-13-7-9-14(24-2)10-8-13/h3-10H,11-12H2,1-2H3,(H,19,22). The second-order valence-electron chi connectivity index (χ2n) is 5.31. The lowest BCUT2D eigenvalue weighted by atomic mass is 10.3. The van der Waals surface area contributed by atoms with Crippen LogP contribution in [0.5, 0.6) is 0 Å². The molecule has 0 aliphatic carbocycles. The monoisotopic (exact) mass is 357 g/mol. The quantitative estimate of drug-likeness (QED) is 0.670. The highest BCUT2D eigenvalue weighted by Crippen LogP contribution is 2.20. The van der Waals surface area contributed by atoms with E-state index < -0.39 is 0 Å². The molecule has 24 heavy (non-hydrogen) atoms. The van der Waals surface area contributed by atoms with Gasteiger partial charge in [0, 0.05) is 10.6 Å². The summed E-state index contributed by atoms with van der Waals surface area (Å²) >= 11 is 3.38. The minimum absolute atomic E-state index is 0.0441. The Labute approximate surface area is 150 Å². The molecule has 0 atom stereocenters. The molecular formula is C18H19N3OS2. The van der Waals surface area contributed by atoms with Crippen LogP contribution in [0, 0.1) is 0 Å². The Morgan fingerprint density at radius 1 is 1.12 bits per heavy atom. The van der Waals surface area contributed by atoms with Gasteiger partial charge in [0.2, 0.25) is 5.91 Å². The van der Waals surface area contributed by atoms with Crippen LogP contribution in [0.3, 0.4) is 0 Å². The molecule has 0 spiro atoms. The number of hydrogen-bond acceptors (Lipinski definition) is 4. The van der Waals surface area contributed by atoms with Crippen LogP contribution in [0.1, 0.15) is 5.82 Å². The second-order valence-corrected chi connectivity index (χ2v) is 7.06. The van der Waals surface area contributed by atoms with Gasteiger partial charge in [-0.1, -0.05) is 12.1 Å². The lowest BCUT2D eigenvalue weighted by Crippen LogP contribution is -2.20. The predicted octanol–water partition coefficient (Wildman–Crippen LogP) is 4.26. The maximum absolute atomic E-state index is 12.5. The van der Waals surface area contributed by atoms with Crippen LogP contribution < -0.4 is 5.32 Å². The molecule has 0 radical (unpaired) electrons. The van der Waals surface area contributed by atoms with Crippen LogP contribution in [-0.4, -0.2) is 28.0 Å². The number of rotatable bonds is 6. The molecule has 0 unspecified atom stereocenters. The van der Waals surface area contributed by atoms with Gasteiger partial charge in [-0.05, 0) is 48.9 Å². The molecule has 2 aromatic carbocycles. The lowest BCUT2D eigenvalue weighted by Gasteiger charge is -2.10. The van der Waals surface area contributed by atoms with E-state index >= 15 is 0 Å². The number of fused-ring (bicyclic) bond motifs is 1. The molecule has 0 saturated heterocycles. The topological polar surface area (TPSA) is 46.9 Å². The molecule has 6 heteroatoms. The van der Waals surface area contributed by atoms with Crippen molar-refractivity contribution < 1.29 is 4.79 Å². The fourth-order valence-corrected chi connectivity index (χ4v) is 3.45. The molecule has 1 heterocycles. The number of hydrogen-bond donors (Lipinski definition) is 1. The second kappa shape index (κ2) is 7.77. The highest BCUT2D eigenvalue weighted by Gasteiger charge is 2.13. The average molecular weight is 358 g/mol. The molecule has 3 rings (SSSR count). The van der Waals surface area contributed by atoms with E-state index in [0.29, 0.717) is 0 Å². The number of nitrogens with zero attached hydrogens (tertiary/aromatic N) is 2. The molecule has 1 amide bonds. The first-order chi connectivity index (χ1) is 11.7. The van der Waals surface area contributed by atoms with E-state index in [1.54, 1.807) is 23.5 Å². The average Bonchev–Trinajstić information content (AvgIpc) is 2.93. The number of imidazole rings is 1. The van der Waals surface area contributed by atoms with Gasteiger partial charge >= 0.3 is 0 Å². The van der Waals surface area contributed by atoms with E-state index in [1.807, 2.05) is 65.6 Å². The van der Waals surface area contributed by atoms with Crippen molar-refractivity contribution in [1.82, 2.24) is 9.55 Å². The van der Waals surface area contributed by atoms with Gasteiger partial charge in [0.15, 0.2) is 0 Å². The van der Waals surface area contributed by atoms with Crippen molar-refractivity contribution in [1.29, 1.82) is 0 Å². The van der Waals surface area contributed by atoms with E-state index in [9.17, 15) is 4.79 Å². The molecule has 0 aliphatic rings. The molecule has 1 aromatic heterocycles. The minimum Gasteiger partial charge on any atom is -0.325 e. The third-order valence-electron chi connectivity index (χ3n) is 3.68. The number of nitrogens with one attached hydrogen (secondary N) is 1. The normalized spacial score (nSPS) is 10.9. The SMILES string of the molecule is CSCc1nc2ccccc2n1CC(=O)Nc1ccc(SC)cc1. The van der Waals surface area contributed by atoms with Crippen molar-refractivity contribution >= 4 is 46.2 Å². The summed E-state index contributed by atoms with van der Waals surface area (Å²) in [7, 11) is 0. The Morgan fingerprint density at radius 3 is 2.58 bits per heavy atom. The number of thioether (sulfide) groups is 2. The van der Waals surface area contributed by atoms with Gasteiger partial charge in [0.05, 0.1) is 16.8 Å². The third kappa shape index (κ3) is 3.76. The van der Waals surface area contributed by atoms with Gasteiger partial charge in [0.1, 0.15) is 12.4 Å². The van der Waals surface area contributed by atoms with Gasteiger partial charge in [-0.25, -0.2) is 4.98 Å². The number of benzene rings is 2. The molecule has 0 saturated carbocycles. The molecule has 1 N–H and O–H groups in total. The maximum Gasteiger partial charge on any atom is 0.244 e. The molecule has 3 aromatic rings. The largest absolute Gasteiger partial charge is 0.325 e. The Bertz CT molecular complexity index is 843. The van der Waals surface area contributed by atoms with Crippen molar-refractivity contribution in [3.8, 4) is 0 Å². The fourth-order valence-electron chi connectivity index (χ4n) is 2.56. The van der Waals surface area contributed by atoms with Crippen LogP contribution in [0.25, 0.3) is 11.0 Å². The summed E-state index contributed by atoms with van der Waals surface area (Å²) in [4.78, 5) is 18.3. The summed E-state index contributed by atoms with van der Waals surface area (Å²) in [6.07, 6.45) is 4.07. The van der Waals surface area contributed by atoms with E-state index in [1.165, 1.54) is 4.90 Å². The summed E-state index contributed by atoms with van der Waals surface area (Å²) in [6.45, 7) is 0.265. The van der Waals surface area contributed by atoms with Gasteiger partial charge in [-0.3, -0.25) is 4.79 Å². The number of carbonyl (C=O) groups is 1. The van der Waals surface area contributed by atoms with Crippen molar-refractivity contribution in [2.75, 3.05) is 17.8 Å². The van der Waals surface area contributed by atoms with E-state index in [0.717, 1.165) is 28.3 Å². The van der Waals surface area contributed by atoms with Crippen LogP contribution >= 0.6 is 23.5 Å². The Balaban J connectivity index is 1.80. The smallest absolute Gasteiger partial charge is 0.244 e. The Kier molecular flexibility index (Phi) is 5.48. The minimum atomic E-state index is -0.0441. The number of amides is 1. The zero-order valence-electron chi connectivity index (χ0n) is 13.7. The summed E-state index contributed by atoms with van der Waals surface area (Å²) in [6, 6.07) is 15.8. The van der Waals surface area contributed by atoms with E-state index in [4.69, 9.17) is 0 Å². The van der Waals surface area contributed by atoms with Crippen molar-refractivity contribution in [2.45, 2.75) is 17.2 Å². The third-order valence-corrected chi connectivity index (χ3v) is 4.97. The molecule has 4 nitrogen and oxygen atoms in total. The van der Waals surface area contributed by atoms with Gasteiger partial charge < -0.3 is 9.88 Å². The van der Waals surface area contributed by atoms with Gasteiger partial charge in [-0.2, -0.15) is 11.8 Å². The summed E-state index contributed by atoms with van der Waals surface area (Å²) < 4.78 is 2.00. The van der Waals surface area contributed by atoms with Crippen molar-refractivity contribution in [3.63, 3.8) is 0 Å². The molecule has 0 bridgehead atoms. The van der Waals surface area contributed by atoms with E-state index in [2.05, 4.69) is 10.3 Å². The summed E-state index contributed by atoms with van der Waals surface area (Å²) in [5.74, 6) is 1.67. The van der Waals surface area contributed by atoms with E-state index in [-0.39, 0.29) is 12.5 Å². The lowest BCUT2D eigenvalue weighted by molar-refractivity contribution is -0.116. The summed E-state index contributed by atoms with van der Waals surface area (Å²) in [5.41, 5.74) is 2.74. The van der Waals surface area contributed by atoms with Crippen molar-refractivity contribution in [3.05, 3.63) is 54.4 Å². The summed E-state index contributed by atoms with van der Waals surface area (Å²) in [5, 5.41) is 2.96. The van der Waals surface area contributed by atoms with Crippen LogP contribution in [0.4, 0.5) is 5.69 Å². The van der Waals surface area contributed by atoms with Gasteiger partial charge in [-0.15, -0.1) is 11.8 Å². The Hall–Kier alpha value is -1.92. The molecular weight excluding hydrogens is 338 g/mol. The molecule has 0 aliphatic heterocycles. The van der Waals surface area contributed by atoms with Crippen LogP contribution in [0.15, 0.2) is 53.4 Å². The first kappa shape index (κ1) is 16.9. The number of para-hydroxylation sites is 2.